The summed E-state index contributed by atoms with van der Waals surface area (Å²) in [6.45, 7) is 3.07. The summed E-state index contributed by atoms with van der Waals surface area (Å²) in [5.74, 6) is -0.0312. The fraction of sp³-hybridized carbons (Fsp3) is 0.500. The minimum atomic E-state index is -0.0769. The molecule has 124 valence electrons. The molecule has 1 aliphatic heterocycles. The number of hydrogen-bond acceptors (Lipinski definition) is 5. The third-order valence-electron chi connectivity index (χ3n) is 3.96. The van der Waals surface area contributed by atoms with Gasteiger partial charge in [-0.2, -0.15) is 5.10 Å². The average Bonchev–Trinajstić information content (AvgIpc) is 3.14. The van der Waals surface area contributed by atoms with Gasteiger partial charge in [0.2, 0.25) is 5.91 Å². The molecule has 3 rings (SSSR count). The highest BCUT2D eigenvalue weighted by Gasteiger charge is 2.24. The van der Waals surface area contributed by atoms with E-state index in [4.69, 9.17) is 9.15 Å². The number of carbonyl (C=O) groups excluding carboxylic acids is 1. The van der Waals surface area contributed by atoms with Gasteiger partial charge in [0.05, 0.1) is 30.9 Å². The molecule has 1 amide bonds. The standard InChI is InChI=1S/C16H22N4O3/c1-18(2)16(21)12-23-15-9-19(7-13-4-6-22-11-13)8-14-3-5-17-20(14)10-15/h3-6,11,15H,7-10,12H2,1-2H3/t15-/m1/s1. The number of amides is 1. The second kappa shape index (κ2) is 6.97. The number of likely N-dealkylation sites (N-methyl/N-ethyl adjacent to an activating group) is 1. The average molecular weight is 318 g/mol. The monoisotopic (exact) mass is 318 g/mol. The Morgan fingerprint density at radius 1 is 1.43 bits per heavy atom. The minimum absolute atomic E-state index is 0.0312. The quantitative estimate of drug-likeness (QED) is 0.822. The Morgan fingerprint density at radius 2 is 2.30 bits per heavy atom. The summed E-state index contributed by atoms with van der Waals surface area (Å²) in [6, 6.07) is 3.99. The first-order valence-corrected chi connectivity index (χ1v) is 7.67. The van der Waals surface area contributed by atoms with E-state index in [2.05, 4.69) is 10.00 Å². The van der Waals surface area contributed by atoms with Crippen LogP contribution < -0.4 is 0 Å². The molecule has 0 fully saturated rings. The van der Waals surface area contributed by atoms with Gasteiger partial charge in [-0.3, -0.25) is 14.4 Å². The van der Waals surface area contributed by atoms with Crippen molar-refractivity contribution in [2.75, 3.05) is 27.2 Å². The minimum Gasteiger partial charge on any atom is -0.472 e. The van der Waals surface area contributed by atoms with Gasteiger partial charge >= 0.3 is 0 Å². The zero-order valence-corrected chi connectivity index (χ0v) is 13.5. The highest BCUT2D eigenvalue weighted by molar-refractivity contribution is 5.76. The van der Waals surface area contributed by atoms with Gasteiger partial charge in [-0.05, 0) is 12.1 Å². The number of carbonyl (C=O) groups is 1. The molecule has 0 spiro atoms. The fourth-order valence-electron chi connectivity index (χ4n) is 2.68. The second-order valence-electron chi connectivity index (χ2n) is 6.03. The Kier molecular flexibility index (Phi) is 4.78. The number of furan rings is 1. The van der Waals surface area contributed by atoms with Crippen LogP contribution in [-0.4, -0.2) is 58.8 Å². The van der Waals surface area contributed by atoms with Crippen LogP contribution in [0, 0.1) is 0 Å². The van der Waals surface area contributed by atoms with Crippen molar-refractivity contribution in [3.63, 3.8) is 0 Å². The molecule has 0 N–H and O–H groups in total. The van der Waals surface area contributed by atoms with Crippen molar-refractivity contribution in [1.82, 2.24) is 19.6 Å². The molecule has 7 heteroatoms. The maximum Gasteiger partial charge on any atom is 0.248 e. The smallest absolute Gasteiger partial charge is 0.248 e. The molecule has 1 atom stereocenters. The second-order valence-corrected chi connectivity index (χ2v) is 6.03. The summed E-state index contributed by atoms with van der Waals surface area (Å²) in [5.41, 5.74) is 2.28. The molecular formula is C16H22N4O3. The van der Waals surface area contributed by atoms with Crippen LogP contribution in [0.3, 0.4) is 0 Å². The van der Waals surface area contributed by atoms with Crippen LogP contribution in [0.1, 0.15) is 11.3 Å². The lowest BCUT2D eigenvalue weighted by Crippen LogP contribution is -2.36. The molecule has 7 nitrogen and oxygen atoms in total. The molecule has 2 aromatic rings. The van der Waals surface area contributed by atoms with E-state index in [1.54, 1.807) is 37.7 Å². The number of fused-ring (bicyclic) bond motifs is 1. The normalized spacial score (nSPS) is 18.4. The largest absolute Gasteiger partial charge is 0.472 e. The summed E-state index contributed by atoms with van der Waals surface area (Å²) in [7, 11) is 3.46. The van der Waals surface area contributed by atoms with Crippen molar-refractivity contribution in [3.05, 3.63) is 42.1 Å². The Morgan fingerprint density at radius 3 is 3.04 bits per heavy atom. The molecule has 0 aromatic carbocycles. The predicted molar refractivity (Wildman–Crippen MR) is 83.5 cm³/mol. The van der Waals surface area contributed by atoms with Crippen molar-refractivity contribution in [2.24, 2.45) is 0 Å². The molecule has 0 aliphatic carbocycles. The predicted octanol–water partition coefficient (Wildman–Crippen LogP) is 0.965. The molecule has 3 heterocycles. The summed E-state index contributed by atoms with van der Waals surface area (Å²) < 4.78 is 13.0. The van der Waals surface area contributed by atoms with Crippen molar-refractivity contribution >= 4 is 5.91 Å². The van der Waals surface area contributed by atoms with Gasteiger partial charge in [-0.25, -0.2) is 0 Å². The van der Waals surface area contributed by atoms with Crippen molar-refractivity contribution < 1.29 is 13.9 Å². The van der Waals surface area contributed by atoms with Gasteiger partial charge < -0.3 is 14.1 Å². The fourth-order valence-corrected chi connectivity index (χ4v) is 2.68. The van der Waals surface area contributed by atoms with Crippen molar-refractivity contribution in [1.29, 1.82) is 0 Å². The molecular weight excluding hydrogens is 296 g/mol. The third kappa shape index (κ3) is 4.00. The number of aromatic nitrogens is 2. The van der Waals surface area contributed by atoms with Gasteiger partial charge in [0.1, 0.15) is 6.61 Å². The zero-order valence-electron chi connectivity index (χ0n) is 13.5. The van der Waals surface area contributed by atoms with E-state index >= 15 is 0 Å². The molecule has 1 aliphatic rings. The van der Waals surface area contributed by atoms with Gasteiger partial charge in [0.25, 0.3) is 0 Å². The summed E-state index contributed by atoms with van der Waals surface area (Å²) in [6.07, 6.45) is 5.17. The Bertz CT molecular complexity index is 636. The van der Waals surface area contributed by atoms with Gasteiger partial charge in [-0.1, -0.05) is 0 Å². The summed E-state index contributed by atoms with van der Waals surface area (Å²) in [4.78, 5) is 15.6. The van der Waals surface area contributed by atoms with E-state index in [1.807, 2.05) is 16.8 Å². The molecule has 23 heavy (non-hydrogen) atoms. The van der Waals surface area contributed by atoms with Crippen molar-refractivity contribution in [2.45, 2.75) is 25.7 Å². The highest BCUT2D eigenvalue weighted by Crippen LogP contribution is 2.16. The molecule has 0 bridgehead atoms. The number of nitrogens with zero attached hydrogens (tertiary/aromatic N) is 4. The van der Waals surface area contributed by atoms with E-state index in [0.29, 0.717) is 6.54 Å². The SMILES string of the molecule is CN(C)C(=O)CO[C@@H]1CN(Cc2ccoc2)Cc2ccnn2C1. The van der Waals surface area contributed by atoms with E-state index in [0.717, 1.165) is 30.9 Å². The van der Waals surface area contributed by atoms with Crippen LogP contribution in [0.25, 0.3) is 0 Å². The first kappa shape index (κ1) is 15.8. The highest BCUT2D eigenvalue weighted by atomic mass is 16.5. The van der Waals surface area contributed by atoms with Gasteiger partial charge in [0, 0.05) is 45.5 Å². The number of hydrogen-bond donors (Lipinski definition) is 0. The summed E-state index contributed by atoms with van der Waals surface area (Å²) in [5, 5.41) is 4.36. The van der Waals surface area contributed by atoms with E-state index in [9.17, 15) is 4.79 Å². The topological polar surface area (TPSA) is 63.7 Å². The number of ether oxygens (including phenoxy) is 1. The Balaban J connectivity index is 1.68. The maximum atomic E-state index is 11.8. The first-order valence-electron chi connectivity index (χ1n) is 7.67. The van der Waals surface area contributed by atoms with Gasteiger partial charge in [0.15, 0.2) is 0 Å². The lowest BCUT2D eigenvalue weighted by Gasteiger charge is -2.23. The van der Waals surface area contributed by atoms with Crippen LogP contribution in [0.2, 0.25) is 0 Å². The molecule has 0 radical (unpaired) electrons. The Labute approximate surface area is 135 Å². The van der Waals surface area contributed by atoms with E-state index in [-0.39, 0.29) is 18.6 Å². The van der Waals surface area contributed by atoms with Crippen LogP contribution in [-0.2, 0) is 29.2 Å². The molecule has 0 saturated heterocycles. The van der Waals surface area contributed by atoms with Crippen LogP contribution in [0.4, 0.5) is 0 Å². The lowest BCUT2D eigenvalue weighted by molar-refractivity contribution is -0.136. The molecule has 0 saturated carbocycles. The Hall–Kier alpha value is -2.12. The van der Waals surface area contributed by atoms with Gasteiger partial charge in [-0.15, -0.1) is 0 Å². The zero-order chi connectivity index (χ0) is 16.2. The van der Waals surface area contributed by atoms with E-state index < -0.39 is 0 Å². The maximum absolute atomic E-state index is 11.8. The van der Waals surface area contributed by atoms with Crippen molar-refractivity contribution in [3.8, 4) is 0 Å². The van der Waals surface area contributed by atoms with E-state index in [1.165, 1.54) is 0 Å². The van der Waals surface area contributed by atoms with Crippen LogP contribution in [0.5, 0.6) is 0 Å². The summed E-state index contributed by atoms with van der Waals surface area (Å²) >= 11 is 0. The lowest BCUT2D eigenvalue weighted by atomic mass is 10.2. The van der Waals surface area contributed by atoms with Crippen LogP contribution >= 0.6 is 0 Å². The molecule has 2 aromatic heterocycles. The van der Waals surface area contributed by atoms with Crippen LogP contribution in [0.15, 0.2) is 35.3 Å². The number of rotatable bonds is 5. The first-order chi connectivity index (χ1) is 11.1. The third-order valence-corrected chi connectivity index (χ3v) is 3.96. The molecule has 0 unspecified atom stereocenters.